The van der Waals surface area contributed by atoms with Crippen molar-refractivity contribution in [3.8, 4) is 5.75 Å². The van der Waals surface area contributed by atoms with Crippen molar-refractivity contribution in [3.63, 3.8) is 0 Å². The van der Waals surface area contributed by atoms with Crippen LogP contribution in [0, 0.1) is 17.6 Å². The second-order valence-corrected chi connectivity index (χ2v) is 3.36. The fourth-order valence-corrected chi connectivity index (χ4v) is 1.33. The van der Waals surface area contributed by atoms with Crippen molar-refractivity contribution in [2.45, 2.75) is 6.61 Å². The average molecular weight is 239 g/mol. The SMILES string of the molecule is Fc1cc(F)cc(COc2cccnc2F)c1. The van der Waals surface area contributed by atoms with Gasteiger partial charge in [0, 0.05) is 12.3 Å². The summed E-state index contributed by atoms with van der Waals surface area (Å²) in [6.07, 6.45) is 1.28. The summed E-state index contributed by atoms with van der Waals surface area (Å²) < 4.78 is 43.8. The molecule has 1 heterocycles. The van der Waals surface area contributed by atoms with Gasteiger partial charge >= 0.3 is 0 Å². The summed E-state index contributed by atoms with van der Waals surface area (Å²) in [7, 11) is 0. The van der Waals surface area contributed by atoms with Gasteiger partial charge in [-0.3, -0.25) is 0 Å². The summed E-state index contributed by atoms with van der Waals surface area (Å²) in [6.45, 7) is -0.128. The van der Waals surface area contributed by atoms with Crippen LogP contribution in [0.2, 0.25) is 0 Å². The van der Waals surface area contributed by atoms with Gasteiger partial charge in [0.15, 0.2) is 5.75 Å². The molecule has 0 bridgehead atoms. The molecule has 1 aromatic carbocycles. The van der Waals surface area contributed by atoms with Crippen LogP contribution in [0.1, 0.15) is 5.56 Å². The van der Waals surface area contributed by atoms with E-state index in [-0.39, 0.29) is 17.9 Å². The molecular weight excluding hydrogens is 231 g/mol. The number of hydrogen-bond donors (Lipinski definition) is 0. The lowest BCUT2D eigenvalue weighted by molar-refractivity contribution is 0.285. The molecule has 0 unspecified atom stereocenters. The maximum Gasteiger partial charge on any atom is 0.255 e. The van der Waals surface area contributed by atoms with Gasteiger partial charge in [0.1, 0.15) is 18.2 Å². The molecule has 2 aromatic rings. The Labute approximate surface area is 95.7 Å². The summed E-state index contributed by atoms with van der Waals surface area (Å²) in [4.78, 5) is 3.39. The Morgan fingerprint density at radius 1 is 1.06 bits per heavy atom. The van der Waals surface area contributed by atoms with E-state index in [0.29, 0.717) is 0 Å². The molecule has 0 aliphatic heterocycles. The van der Waals surface area contributed by atoms with Crippen molar-refractivity contribution in [1.29, 1.82) is 0 Å². The molecule has 0 aliphatic rings. The molecule has 2 nitrogen and oxygen atoms in total. The van der Waals surface area contributed by atoms with Crippen LogP contribution in [-0.2, 0) is 6.61 Å². The van der Waals surface area contributed by atoms with Gasteiger partial charge < -0.3 is 4.74 Å². The van der Waals surface area contributed by atoms with Gasteiger partial charge in [0.05, 0.1) is 0 Å². The number of halogens is 3. The number of hydrogen-bond acceptors (Lipinski definition) is 2. The Morgan fingerprint density at radius 3 is 2.41 bits per heavy atom. The third-order valence-electron chi connectivity index (χ3n) is 2.04. The standard InChI is InChI=1S/C12H8F3NO/c13-9-4-8(5-10(14)6-9)7-17-11-2-1-3-16-12(11)15/h1-6H,7H2. The third-order valence-corrected chi connectivity index (χ3v) is 2.04. The molecule has 17 heavy (non-hydrogen) atoms. The van der Waals surface area contributed by atoms with Crippen molar-refractivity contribution < 1.29 is 17.9 Å². The fourth-order valence-electron chi connectivity index (χ4n) is 1.33. The summed E-state index contributed by atoms with van der Waals surface area (Å²) in [5, 5.41) is 0. The Hall–Kier alpha value is -2.04. The minimum Gasteiger partial charge on any atom is -0.484 e. The van der Waals surface area contributed by atoms with E-state index in [1.54, 1.807) is 0 Å². The van der Waals surface area contributed by atoms with Crippen LogP contribution >= 0.6 is 0 Å². The molecule has 2 rings (SSSR count). The molecule has 5 heteroatoms. The van der Waals surface area contributed by atoms with Gasteiger partial charge in [-0.1, -0.05) is 0 Å². The molecule has 0 radical (unpaired) electrons. The van der Waals surface area contributed by atoms with Crippen LogP contribution in [0.5, 0.6) is 5.75 Å². The van der Waals surface area contributed by atoms with Gasteiger partial charge in [-0.05, 0) is 29.8 Å². The first kappa shape index (κ1) is 11.4. The van der Waals surface area contributed by atoms with E-state index in [9.17, 15) is 13.2 Å². The van der Waals surface area contributed by atoms with Gasteiger partial charge in [-0.2, -0.15) is 4.39 Å². The monoisotopic (exact) mass is 239 g/mol. The zero-order chi connectivity index (χ0) is 12.3. The average Bonchev–Trinajstić information content (AvgIpc) is 2.27. The lowest BCUT2D eigenvalue weighted by atomic mass is 10.2. The molecule has 0 spiro atoms. The molecule has 0 N–H and O–H groups in total. The van der Waals surface area contributed by atoms with E-state index in [4.69, 9.17) is 4.74 Å². The van der Waals surface area contributed by atoms with Crippen molar-refractivity contribution in [2.75, 3.05) is 0 Å². The van der Waals surface area contributed by atoms with Crippen LogP contribution in [0.15, 0.2) is 36.5 Å². The first-order chi connectivity index (χ1) is 8.15. The van der Waals surface area contributed by atoms with E-state index >= 15 is 0 Å². The number of rotatable bonds is 3. The van der Waals surface area contributed by atoms with Gasteiger partial charge in [-0.15, -0.1) is 0 Å². The second-order valence-electron chi connectivity index (χ2n) is 3.36. The quantitative estimate of drug-likeness (QED) is 0.768. The van der Waals surface area contributed by atoms with Gasteiger partial charge in [0.2, 0.25) is 0 Å². The zero-order valence-corrected chi connectivity index (χ0v) is 8.66. The minimum atomic E-state index is -0.760. The number of pyridine rings is 1. The number of benzene rings is 1. The molecule has 0 amide bonds. The smallest absolute Gasteiger partial charge is 0.255 e. The molecule has 0 saturated carbocycles. The number of ether oxygens (including phenoxy) is 1. The van der Waals surface area contributed by atoms with E-state index < -0.39 is 17.6 Å². The Bertz CT molecular complexity index is 511. The predicted molar refractivity (Wildman–Crippen MR) is 54.9 cm³/mol. The van der Waals surface area contributed by atoms with Crippen molar-refractivity contribution in [1.82, 2.24) is 4.98 Å². The molecule has 0 atom stereocenters. The number of nitrogens with zero attached hydrogens (tertiary/aromatic N) is 1. The highest BCUT2D eigenvalue weighted by Crippen LogP contribution is 2.16. The summed E-state index contributed by atoms with van der Waals surface area (Å²) in [5.41, 5.74) is 0.283. The summed E-state index contributed by atoms with van der Waals surface area (Å²) in [6, 6.07) is 5.89. The van der Waals surface area contributed by atoms with E-state index in [2.05, 4.69) is 4.98 Å². The third kappa shape index (κ3) is 2.96. The van der Waals surface area contributed by atoms with Crippen LogP contribution in [0.25, 0.3) is 0 Å². The Balaban J connectivity index is 2.10. The number of aromatic nitrogens is 1. The highest BCUT2D eigenvalue weighted by Gasteiger charge is 2.05. The van der Waals surface area contributed by atoms with Gasteiger partial charge in [0.25, 0.3) is 5.95 Å². The predicted octanol–water partition coefficient (Wildman–Crippen LogP) is 3.08. The summed E-state index contributed by atoms with van der Waals surface area (Å²) >= 11 is 0. The molecule has 0 aliphatic carbocycles. The molecule has 1 aromatic heterocycles. The fraction of sp³-hybridized carbons (Fsp3) is 0.0833. The Kier molecular flexibility index (Phi) is 3.27. The normalized spacial score (nSPS) is 10.3. The topological polar surface area (TPSA) is 22.1 Å². The molecule has 0 saturated heterocycles. The maximum atomic E-state index is 13.1. The van der Waals surface area contributed by atoms with Crippen LogP contribution in [0.3, 0.4) is 0 Å². The maximum absolute atomic E-state index is 13.1. The zero-order valence-electron chi connectivity index (χ0n) is 8.66. The summed E-state index contributed by atoms with van der Waals surface area (Å²) in [5.74, 6) is -2.22. The highest BCUT2D eigenvalue weighted by atomic mass is 19.1. The van der Waals surface area contributed by atoms with E-state index in [0.717, 1.165) is 18.2 Å². The van der Waals surface area contributed by atoms with Crippen molar-refractivity contribution >= 4 is 0 Å². The second kappa shape index (κ2) is 4.86. The van der Waals surface area contributed by atoms with E-state index in [1.807, 2.05) is 0 Å². The molecule has 88 valence electrons. The largest absolute Gasteiger partial charge is 0.484 e. The Morgan fingerprint density at radius 2 is 1.76 bits per heavy atom. The van der Waals surface area contributed by atoms with Crippen LogP contribution in [0.4, 0.5) is 13.2 Å². The minimum absolute atomic E-state index is 0.0582. The molecule has 0 fully saturated rings. The van der Waals surface area contributed by atoms with Crippen molar-refractivity contribution in [2.24, 2.45) is 0 Å². The first-order valence-corrected chi connectivity index (χ1v) is 4.83. The van der Waals surface area contributed by atoms with Crippen molar-refractivity contribution in [3.05, 3.63) is 59.7 Å². The lowest BCUT2D eigenvalue weighted by Gasteiger charge is -2.06. The van der Waals surface area contributed by atoms with E-state index in [1.165, 1.54) is 18.3 Å². The van der Waals surface area contributed by atoms with Crippen LogP contribution < -0.4 is 4.74 Å². The molecular formula is C12H8F3NO. The van der Waals surface area contributed by atoms with Crippen LogP contribution in [-0.4, -0.2) is 4.98 Å². The first-order valence-electron chi connectivity index (χ1n) is 4.83. The lowest BCUT2D eigenvalue weighted by Crippen LogP contribution is -1.99. The van der Waals surface area contributed by atoms with Gasteiger partial charge in [-0.25, -0.2) is 13.8 Å². The highest BCUT2D eigenvalue weighted by molar-refractivity contribution is 5.21.